The van der Waals surface area contributed by atoms with Gasteiger partial charge in [-0.1, -0.05) is 54.1 Å². The number of hydrogen-bond donors (Lipinski definition) is 1. The predicted molar refractivity (Wildman–Crippen MR) is 113 cm³/mol. The zero-order valence-electron chi connectivity index (χ0n) is 16.0. The fourth-order valence-electron chi connectivity index (χ4n) is 2.85. The molecule has 2 aromatic carbocycles. The van der Waals surface area contributed by atoms with Gasteiger partial charge in [0.25, 0.3) is 5.91 Å². The van der Waals surface area contributed by atoms with Gasteiger partial charge in [-0.25, -0.2) is 9.97 Å². The Labute approximate surface area is 170 Å². The standard InChI is InChI=1S/C22H23ClN4O/c1-16-14-20(21(28)27(2)15-18-6-4-3-5-7-18)26-22(25-16)24-13-12-17-8-10-19(23)11-9-17/h3-11,14H,12-13,15H2,1-2H3,(H,24,25,26). The van der Waals surface area contributed by atoms with Crippen molar-refractivity contribution in [2.24, 2.45) is 0 Å². The first kappa shape index (κ1) is 19.8. The van der Waals surface area contributed by atoms with Crippen molar-refractivity contribution in [1.29, 1.82) is 0 Å². The Morgan fingerprint density at radius 2 is 1.75 bits per heavy atom. The molecule has 144 valence electrons. The zero-order valence-corrected chi connectivity index (χ0v) is 16.8. The van der Waals surface area contributed by atoms with Crippen molar-refractivity contribution in [1.82, 2.24) is 14.9 Å². The molecule has 0 atom stereocenters. The molecule has 3 rings (SSSR count). The highest BCUT2D eigenvalue weighted by atomic mass is 35.5. The van der Waals surface area contributed by atoms with Crippen molar-refractivity contribution >= 4 is 23.5 Å². The quantitative estimate of drug-likeness (QED) is 0.646. The lowest BCUT2D eigenvalue weighted by Gasteiger charge is -2.17. The summed E-state index contributed by atoms with van der Waals surface area (Å²) in [5.41, 5.74) is 3.38. The van der Waals surface area contributed by atoms with Crippen LogP contribution in [0.15, 0.2) is 60.7 Å². The van der Waals surface area contributed by atoms with Crippen LogP contribution in [0, 0.1) is 6.92 Å². The maximum atomic E-state index is 12.8. The number of amides is 1. The molecule has 1 N–H and O–H groups in total. The minimum Gasteiger partial charge on any atom is -0.354 e. The number of carbonyl (C=O) groups is 1. The van der Waals surface area contributed by atoms with Crippen LogP contribution in [-0.2, 0) is 13.0 Å². The Kier molecular flexibility index (Phi) is 6.61. The lowest BCUT2D eigenvalue weighted by molar-refractivity contribution is 0.0779. The number of benzene rings is 2. The SMILES string of the molecule is Cc1cc(C(=O)N(C)Cc2ccccc2)nc(NCCc2ccc(Cl)cc2)n1. The third kappa shape index (κ3) is 5.54. The van der Waals surface area contributed by atoms with E-state index in [1.54, 1.807) is 18.0 Å². The van der Waals surface area contributed by atoms with Crippen molar-refractivity contribution in [2.75, 3.05) is 18.9 Å². The molecule has 0 spiro atoms. The second-order valence-electron chi connectivity index (χ2n) is 6.67. The summed E-state index contributed by atoms with van der Waals surface area (Å²) in [4.78, 5) is 23.2. The van der Waals surface area contributed by atoms with E-state index in [4.69, 9.17) is 11.6 Å². The van der Waals surface area contributed by atoms with Crippen molar-refractivity contribution in [3.63, 3.8) is 0 Å². The summed E-state index contributed by atoms with van der Waals surface area (Å²) < 4.78 is 0. The van der Waals surface area contributed by atoms with Gasteiger partial charge in [0.15, 0.2) is 0 Å². The van der Waals surface area contributed by atoms with E-state index < -0.39 is 0 Å². The molecule has 0 aliphatic carbocycles. The third-order valence-electron chi connectivity index (χ3n) is 4.29. The molecule has 1 amide bonds. The Balaban J connectivity index is 1.63. The highest BCUT2D eigenvalue weighted by Crippen LogP contribution is 2.12. The second kappa shape index (κ2) is 9.33. The number of carbonyl (C=O) groups excluding carboxylic acids is 1. The first-order valence-electron chi connectivity index (χ1n) is 9.14. The fraction of sp³-hybridized carbons (Fsp3) is 0.227. The molecule has 0 unspecified atom stereocenters. The smallest absolute Gasteiger partial charge is 0.272 e. The first-order valence-corrected chi connectivity index (χ1v) is 9.52. The number of nitrogens with one attached hydrogen (secondary N) is 1. The minimum absolute atomic E-state index is 0.130. The van der Waals surface area contributed by atoms with E-state index in [0.717, 1.165) is 22.7 Å². The van der Waals surface area contributed by atoms with Gasteiger partial charge in [-0.05, 0) is 42.7 Å². The average molecular weight is 395 g/mol. The van der Waals surface area contributed by atoms with Gasteiger partial charge in [0.1, 0.15) is 5.69 Å². The van der Waals surface area contributed by atoms with Gasteiger partial charge in [0.2, 0.25) is 5.95 Å². The highest BCUT2D eigenvalue weighted by molar-refractivity contribution is 6.30. The van der Waals surface area contributed by atoms with Crippen LogP contribution in [0.25, 0.3) is 0 Å². The summed E-state index contributed by atoms with van der Waals surface area (Å²) >= 11 is 5.91. The summed E-state index contributed by atoms with van der Waals surface area (Å²) in [6, 6.07) is 19.3. The molecule has 0 aliphatic heterocycles. The van der Waals surface area contributed by atoms with E-state index >= 15 is 0 Å². The summed E-state index contributed by atoms with van der Waals surface area (Å²) in [6.45, 7) is 3.06. The van der Waals surface area contributed by atoms with Gasteiger partial charge in [0, 0.05) is 30.9 Å². The van der Waals surface area contributed by atoms with E-state index in [-0.39, 0.29) is 5.91 Å². The van der Waals surface area contributed by atoms with Gasteiger partial charge in [-0.15, -0.1) is 0 Å². The molecule has 1 heterocycles. The lowest BCUT2D eigenvalue weighted by atomic mass is 10.1. The molecule has 3 aromatic rings. The first-order chi connectivity index (χ1) is 13.5. The summed E-state index contributed by atoms with van der Waals surface area (Å²) in [7, 11) is 1.78. The van der Waals surface area contributed by atoms with Crippen molar-refractivity contribution in [3.05, 3.63) is 88.2 Å². The van der Waals surface area contributed by atoms with Crippen LogP contribution in [0.2, 0.25) is 5.02 Å². The average Bonchev–Trinajstić information content (AvgIpc) is 2.69. The van der Waals surface area contributed by atoms with Gasteiger partial charge in [0.05, 0.1) is 0 Å². The molecule has 0 saturated heterocycles. The molecule has 28 heavy (non-hydrogen) atoms. The van der Waals surface area contributed by atoms with E-state index in [2.05, 4.69) is 15.3 Å². The summed E-state index contributed by atoms with van der Waals surface area (Å²) in [6.07, 6.45) is 0.811. The number of rotatable bonds is 7. The van der Waals surface area contributed by atoms with Crippen LogP contribution in [0.4, 0.5) is 5.95 Å². The van der Waals surface area contributed by atoms with E-state index in [1.165, 1.54) is 5.56 Å². The minimum atomic E-state index is -0.130. The lowest BCUT2D eigenvalue weighted by Crippen LogP contribution is -2.27. The molecule has 0 fully saturated rings. The van der Waals surface area contributed by atoms with Crippen LogP contribution in [-0.4, -0.2) is 34.4 Å². The molecule has 0 aliphatic rings. The molecular formula is C22H23ClN4O. The Morgan fingerprint density at radius 3 is 2.46 bits per heavy atom. The number of nitrogens with zero attached hydrogens (tertiary/aromatic N) is 3. The zero-order chi connectivity index (χ0) is 19.9. The molecular weight excluding hydrogens is 372 g/mol. The molecule has 6 heteroatoms. The number of aryl methyl sites for hydroxylation is 1. The van der Waals surface area contributed by atoms with Crippen molar-refractivity contribution in [2.45, 2.75) is 19.9 Å². The van der Waals surface area contributed by atoms with Crippen LogP contribution in [0.5, 0.6) is 0 Å². The van der Waals surface area contributed by atoms with E-state index in [0.29, 0.717) is 24.7 Å². The van der Waals surface area contributed by atoms with Crippen LogP contribution in [0.3, 0.4) is 0 Å². The second-order valence-corrected chi connectivity index (χ2v) is 7.10. The summed E-state index contributed by atoms with van der Waals surface area (Å²) in [5.74, 6) is 0.334. The van der Waals surface area contributed by atoms with Crippen molar-refractivity contribution in [3.8, 4) is 0 Å². The maximum Gasteiger partial charge on any atom is 0.272 e. The number of halogens is 1. The largest absolute Gasteiger partial charge is 0.354 e. The van der Waals surface area contributed by atoms with E-state index in [1.807, 2.05) is 61.5 Å². The van der Waals surface area contributed by atoms with Gasteiger partial charge in [-0.2, -0.15) is 0 Å². The van der Waals surface area contributed by atoms with Crippen LogP contribution >= 0.6 is 11.6 Å². The van der Waals surface area contributed by atoms with Crippen molar-refractivity contribution < 1.29 is 4.79 Å². The predicted octanol–water partition coefficient (Wildman–Crippen LogP) is 4.37. The summed E-state index contributed by atoms with van der Waals surface area (Å²) in [5, 5.41) is 3.93. The maximum absolute atomic E-state index is 12.8. The van der Waals surface area contributed by atoms with Gasteiger partial charge < -0.3 is 10.2 Å². The molecule has 0 saturated carbocycles. The van der Waals surface area contributed by atoms with Crippen LogP contribution < -0.4 is 5.32 Å². The monoisotopic (exact) mass is 394 g/mol. The fourth-order valence-corrected chi connectivity index (χ4v) is 2.98. The van der Waals surface area contributed by atoms with Crippen LogP contribution in [0.1, 0.15) is 27.3 Å². The Bertz CT molecular complexity index is 929. The topological polar surface area (TPSA) is 58.1 Å². The molecule has 5 nitrogen and oxygen atoms in total. The normalized spacial score (nSPS) is 10.5. The third-order valence-corrected chi connectivity index (χ3v) is 4.54. The number of hydrogen-bond acceptors (Lipinski definition) is 4. The Morgan fingerprint density at radius 1 is 1.04 bits per heavy atom. The van der Waals surface area contributed by atoms with Gasteiger partial charge >= 0.3 is 0 Å². The number of aromatic nitrogens is 2. The van der Waals surface area contributed by atoms with E-state index in [9.17, 15) is 4.79 Å². The highest BCUT2D eigenvalue weighted by Gasteiger charge is 2.15. The molecule has 1 aromatic heterocycles. The number of anilines is 1. The Hall–Kier alpha value is -2.92. The molecule has 0 radical (unpaired) electrons. The molecule has 0 bridgehead atoms. The van der Waals surface area contributed by atoms with Gasteiger partial charge in [-0.3, -0.25) is 4.79 Å².